The van der Waals surface area contributed by atoms with E-state index in [0.29, 0.717) is 17.8 Å². The lowest BCUT2D eigenvalue weighted by Gasteiger charge is -2.23. The van der Waals surface area contributed by atoms with Crippen LogP contribution in [0.5, 0.6) is 5.75 Å². The summed E-state index contributed by atoms with van der Waals surface area (Å²) in [7, 11) is 0. The van der Waals surface area contributed by atoms with Crippen LogP contribution in [0.3, 0.4) is 0 Å². The molecule has 0 unspecified atom stereocenters. The summed E-state index contributed by atoms with van der Waals surface area (Å²) in [4.78, 5) is 52.9. The van der Waals surface area contributed by atoms with Crippen LogP contribution < -0.4 is 32.7 Å². The van der Waals surface area contributed by atoms with Crippen molar-refractivity contribution in [2.75, 3.05) is 12.3 Å². The number of aromatic hydroxyl groups is 1. The van der Waals surface area contributed by atoms with E-state index in [1.807, 2.05) is 60.7 Å². The SMILES string of the molecule is NC(=NCCC[C@@H](NC(=O)C(c1ccccc1)c1ccccc1)C(=O)NCc1ccc(O)cc1)NC(=O)NCc1cn(-c2ccc(N)cc2)nn1.O=C(O)C(F)(F)F. The molecule has 0 bridgehead atoms. The van der Waals surface area contributed by atoms with Crippen molar-refractivity contribution >= 4 is 35.5 Å². The Bertz CT molecular complexity index is 2090. The van der Waals surface area contributed by atoms with Crippen LogP contribution in [-0.4, -0.2) is 73.7 Å². The second-order valence-corrected chi connectivity index (χ2v) is 12.5. The number of phenolic OH excluding ortho intramolecular Hbond substituents is 1. The molecule has 0 aliphatic heterocycles. The van der Waals surface area contributed by atoms with Gasteiger partial charge in [0.05, 0.1) is 24.3 Å². The van der Waals surface area contributed by atoms with Gasteiger partial charge in [-0.3, -0.25) is 19.9 Å². The Morgan fingerprint density at radius 3 is 1.97 bits per heavy atom. The van der Waals surface area contributed by atoms with Crippen LogP contribution in [0.4, 0.5) is 23.7 Å². The van der Waals surface area contributed by atoms with E-state index in [2.05, 4.69) is 36.6 Å². The lowest BCUT2D eigenvalue weighted by Crippen LogP contribution is -2.48. The Hall–Kier alpha value is -7.44. The first kappa shape index (κ1) is 43.3. The number of carbonyl (C=O) groups is 4. The molecule has 1 heterocycles. The highest BCUT2D eigenvalue weighted by molar-refractivity contribution is 5.95. The predicted molar refractivity (Wildman–Crippen MR) is 207 cm³/mol. The standard InChI is InChI=1S/C37H40N10O4.C2HF3O2/c38-28-15-17-30(18-16-28)47-24-29(45-46-47)23-42-37(51)44-36(39)40-21-7-12-32(34(49)41-22-25-13-19-31(48)20-14-25)43-35(50)33(26-8-3-1-4-9-26)27-10-5-2-6-11-27;3-2(4,5)1(6)7/h1-6,8-11,13-20,24,32-33,48H,7,12,21-23,38H2,(H,41,49)(H,43,50)(H4,39,40,42,44,51);(H,6,7)/t32-;/m1./s1. The van der Waals surface area contributed by atoms with Gasteiger partial charge in [0.2, 0.25) is 11.8 Å². The molecule has 0 aliphatic carbocycles. The van der Waals surface area contributed by atoms with Gasteiger partial charge < -0.3 is 37.6 Å². The molecule has 5 rings (SSSR count). The Labute approximate surface area is 330 Å². The second-order valence-electron chi connectivity index (χ2n) is 12.5. The number of anilines is 1. The third kappa shape index (κ3) is 14.0. The fourth-order valence-corrected chi connectivity index (χ4v) is 5.23. The molecule has 304 valence electrons. The molecule has 10 N–H and O–H groups in total. The minimum Gasteiger partial charge on any atom is -0.508 e. The van der Waals surface area contributed by atoms with Crippen LogP contribution in [-0.2, 0) is 27.5 Å². The van der Waals surface area contributed by atoms with E-state index < -0.39 is 30.1 Å². The number of urea groups is 1. The van der Waals surface area contributed by atoms with E-state index in [1.54, 1.807) is 47.3 Å². The lowest BCUT2D eigenvalue weighted by molar-refractivity contribution is -0.192. The number of aliphatic imine (C=N–C) groups is 1. The Kier molecular flexibility index (Phi) is 15.7. The minimum atomic E-state index is -5.08. The van der Waals surface area contributed by atoms with Gasteiger partial charge in [-0.05, 0) is 65.9 Å². The molecule has 0 spiro atoms. The normalized spacial score (nSPS) is 11.8. The van der Waals surface area contributed by atoms with Crippen molar-refractivity contribution in [3.8, 4) is 11.4 Å². The number of aromatic nitrogens is 3. The fraction of sp³-hybridized carbons (Fsp3) is 0.205. The maximum absolute atomic E-state index is 13.8. The maximum atomic E-state index is 13.8. The van der Waals surface area contributed by atoms with Gasteiger partial charge in [-0.15, -0.1) is 5.10 Å². The van der Waals surface area contributed by atoms with Crippen molar-refractivity contribution in [1.29, 1.82) is 0 Å². The first-order valence-corrected chi connectivity index (χ1v) is 17.6. The summed E-state index contributed by atoms with van der Waals surface area (Å²) in [6, 6.07) is 30.9. The summed E-state index contributed by atoms with van der Waals surface area (Å²) in [6.45, 7) is 0.482. The average Bonchev–Trinajstić information content (AvgIpc) is 3.68. The summed E-state index contributed by atoms with van der Waals surface area (Å²) in [5, 5.41) is 35.8. The number of guanidine groups is 1. The first-order chi connectivity index (χ1) is 27.7. The quantitative estimate of drug-likeness (QED) is 0.0350. The first-order valence-electron chi connectivity index (χ1n) is 17.6. The Balaban J connectivity index is 0.000000973. The number of carboxylic acid groups (broad SMARTS) is 1. The summed E-state index contributed by atoms with van der Waals surface area (Å²) in [6.07, 6.45) is -2.78. The molecule has 1 aromatic heterocycles. The van der Waals surface area contributed by atoms with Crippen LogP contribution in [0.25, 0.3) is 5.69 Å². The second kappa shape index (κ2) is 21.0. The molecule has 58 heavy (non-hydrogen) atoms. The molecule has 0 aliphatic rings. The monoisotopic (exact) mass is 802 g/mol. The minimum absolute atomic E-state index is 0.0989. The smallest absolute Gasteiger partial charge is 0.490 e. The molecular weight excluding hydrogens is 761 g/mol. The van der Waals surface area contributed by atoms with Gasteiger partial charge in [0, 0.05) is 18.8 Å². The molecule has 0 radical (unpaired) electrons. The molecule has 5 aromatic rings. The highest BCUT2D eigenvalue weighted by Gasteiger charge is 2.38. The summed E-state index contributed by atoms with van der Waals surface area (Å²) >= 11 is 0. The number of hydrogen-bond donors (Lipinski definition) is 8. The molecule has 4 aromatic carbocycles. The lowest BCUT2D eigenvalue weighted by atomic mass is 9.90. The number of halogens is 3. The largest absolute Gasteiger partial charge is 0.508 e. The van der Waals surface area contributed by atoms with Crippen molar-refractivity contribution in [3.63, 3.8) is 0 Å². The number of carboxylic acids is 1. The summed E-state index contributed by atoms with van der Waals surface area (Å²) < 4.78 is 33.3. The Morgan fingerprint density at radius 1 is 0.810 bits per heavy atom. The number of nitrogens with one attached hydrogen (secondary N) is 4. The zero-order valence-corrected chi connectivity index (χ0v) is 30.8. The van der Waals surface area contributed by atoms with Crippen molar-refractivity contribution in [2.45, 2.75) is 44.1 Å². The fourth-order valence-electron chi connectivity index (χ4n) is 5.23. The van der Waals surface area contributed by atoms with Crippen LogP contribution in [0.15, 0.2) is 120 Å². The third-order valence-corrected chi connectivity index (χ3v) is 8.11. The number of amides is 4. The average molecular weight is 803 g/mol. The van der Waals surface area contributed by atoms with E-state index in [9.17, 15) is 32.7 Å². The van der Waals surface area contributed by atoms with Crippen LogP contribution >= 0.6 is 0 Å². The third-order valence-electron chi connectivity index (χ3n) is 8.11. The number of aliphatic carboxylic acids is 1. The number of nitrogens with zero attached hydrogens (tertiary/aromatic N) is 4. The van der Waals surface area contributed by atoms with Crippen molar-refractivity contribution < 1.29 is 42.6 Å². The Morgan fingerprint density at radius 2 is 1.40 bits per heavy atom. The number of alkyl halides is 3. The predicted octanol–water partition coefficient (Wildman–Crippen LogP) is 3.72. The highest BCUT2D eigenvalue weighted by atomic mass is 19.4. The number of hydrogen-bond acceptors (Lipinski definition) is 9. The van der Waals surface area contributed by atoms with Crippen LogP contribution in [0, 0.1) is 0 Å². The number of carbonyl (C=O) groups excluding carboxylic acids is 3. The number of rotatable bonds is 14. The number of nitrogen functional groups attached to an aromatic ring is 1. The maximum Gasteiger partial charge on any atom is 0.490 e. The number of phenols is 1. The highest BCUT2D eigenvalue weighted by Crippen LogP contribution is 2.25. The zero-order chi connectivity index (χ0) is 42.1. The summed E-state index contributed by atoms with van der Waals surface area (Å²) in [5.41, 5.74) is 16.0. The molecule has 0 saturated carbocycles. The molecule has 0 saturated heterocycles. The van der Waals surface area contributed by atoms with Crippen LogP contribution in [0.1, 0.15) is 41.1 Å². The van der Waals surface area contributed by atoms with Crippen LogP contribution in [0.2, 0.25) is 0 Å². The van der Waals surface area contributed by atoms with Gasteiger partial charge in [0.15, 0.2) is 5.96 Å². The zero-order valence-electron chi connectivity index (χ0n) is 30.8. The molecular formula is C39H41F3N10O6. The van der Waals surface area contributed by atoms with E-state index >= 15 is 0 Å². The topological polar surface area (TPSA) is 252 Å². The molecule has 0 fully saturated rings. The molecule has 1 atom stereocenters. The molecule has 4 amide bonds. The van der Waals surface area contributed by atoms with Gasteiger partial charge in [-0.1, -0.05) is 78.0 Å². The van der Waals surface area contributed by atoms with E-state index in [0.717, 1.165) is 22.4 Å². The molecule has 16 nitrogen and oxygen atoms in total. The van der Waals surface area contributed by atoms with Gasteiger partial charge in [-0.25, -0.2) is 14.3 Å². The molecule has 19 heteroatoms. The van der Waals surface area contributed by atoms with Crippen molar-refractivity contribution in [3.05, 3.63) is 138 Å². The van der Waals surface area contributed by atoms with Gasteiger partial charge >= 0.3 is 18.2 Å². The van der Waals surface area contributed by atoms with Gasteiger partial charge in [0.1, 0.15) is 17.5 Å². The van der Waals surface area contributed by atoms with E-state index in [4.69, 9.17) is 21.4 Å². The van der Waals surface area contributed by atoms with Gasteiger partial charge in [-0.2, -0.15) is 13.2 Å². The number of benzene rings is 4. The van der Waals surface area contributed by atoms with Gasteiger partial charge in [0.25, 0.3) is 0 Å². The van der Waals surface area contributed by atoms with E-state index in [-0.39, 0.29) is 49.6 Å². The van der Waals surface area contributed by atoms with Crippen molar-refractivity contribution in [1.82, 2.24) is 36.3 Å². The van der Waals surface area contributed by atoms with E-state index in [1.165, 1.54) is 12.1 Å². The number of nitrogens with two attached hydrogens (primary N) is 2. The van der Waals surface area contributed by atoms with Crippen molar-refractivity contribution in [2.24, 2.45) is 10.7 Å². The summed E-state index contributed by atoms with van der Waals surface area (Å²) in [5.74, 6) is -4.09.